The molecule has 30 heavy (non-hydrogen) atoms. The van der Waals surface area contributed by atoms with E-state index in [1.54, 1.807) is 0 Å². The van der Waals surface area contributed by atoms with Gasteiger partial charge < -0.3 is 10.6 Å². The molecule has 2 aromatic rings. The first-order valence-corrected chi connectivity index (χ1v) is 11.3. The van der Waals surface area contributed by atoms with E-state index in [-0.39, 0.29) is 0 Å². The highest BCUT2D eigenvalue weighted by Gasteiger charge is 2.16. The van der Waals surface area contributed by atoms with Crippen LogP contribution in [-0.4, -0.2) is 40.3 Å². The van der Waals surface area contributed by atoms with Crippen molar-refractivity contribution in [2.45, 2.75) is 60.2 Å². The summed E-state index contributed by atoms with van der Waals surface area (Å²) in [7, 11) is 1.99. The van der Waals surface area contributed by atoms with Gasteiger partial charge in [0.1, 0.15) is 0 Å². The van der Waals surface area contributed by atoms with Gasteiger partial charge in [0.25, 0.3) is 0 Å². The maximum Gasteiger partial charge on any atom is 0.191 e. The van der Waals surface area contributed by atoms with E-state index in [1.165, 1.54) is 48.3 Å². The second kappa shape index (κ2) is 10.6. The lowest BCUT2D eigenvalue weighted by atomic mass is 9.99. The molecule has 1 aliphatic rings. The molecule has 0 saturated carbocycles. The molecule has 0 radical (unpaired) electrons. The summed E-state index contributed by atoms with van der Waals surface area (Å²) < 4.78 is 1.93. The molecule has 0 spiro atoms. The van der Waals surface area contributed by atoms with Crippen LogP contribution in [0.25, 0.3) is 0 Å². The molecule has 3 rings (SSSR count). The van der Waals surface area contributed by atoms with Crippen molar-refractivity contribution in [3.05, 3.63) is 52.3 Å². The first-order valence-electron chi connectivity index (χ1n) is 11.3. The Bertz CT molecular complexity index is 836. The Hall–Kier alpha value is -2.34. The van der Waals surface area contributed by atoms with Crippen LogP contribution in [0.3, 0.4) is 0 Å². The molecule has 2 heterocycles. The van der Waals surface area contributed by atoms with Crippen molar-refractivity contribution in [1.82, 2.24) is 25.3 Å². The summed E-state index contributed by atoms with van der Waals surface area (Å²) in [6, 6.07) is 8.94. The summed E-state index contributed by atoms with van der Waals surface area (Å²) in [5.41, 5.74) is 6.12. The molecule has 1 atom stereocenters. The van der Waals surface area contributed by atoms with Crippen LogP contribution in [0.1, 0.15) is 54.8 Å². The predicted molar refractivity (Wildman–Crippen MR) is 124 cm³/mol. The van der Waals surface area contributed by atoms with Crippen LogP contribution in [0.2, 0.25) is 0 Å². The number of likely N-dealkylation sites (tertiary alicyclic amines) is 1. The van der Waals surface area contributed by atoms with Gasteiger partial charge in [0.05, 0.1) is 12.2 Å². The average Bonchev–Trinajstić information content (AvgIpc) is 2.96. The molecule has 0 aliphatic carbocycles. The van der Waals surface area contributed by atoms with Gasteiger partial charge in [0, 0.05) is 44.5 Å². The summed E-state index contributed by atoms with van der Waals surface area (Å²) >= 11 is 0. The lowest BCUT2D eigenvalue weighted by Crippen LogP contribution is -2.37. The van der Waals surface area contributed by atoms with Crippen LogP contribution in [0.15, 0.2) is 29.3 Å². The van der Waals surface area contributed by atoms with E-state index in [2.05, 4.69) is 72.6 Å². The minimum Gasteiger partial charge on any atom is -0.357 e. The van der Waals surface area contributed by atoms with Gasteiger partial charge in [-0.2, -0.15) is 5.10 Å². The largest absolute Gasteiger partial charge is 0.357 e. The maximum absolute atomic E-state index is 4.78. The highest BCUT2D eigenvalue weighted by molar-refractivity contribution is 5.79. The van der Waals surface area contributed by atoms with Crippen LogP contribution in [0.5, 0.6) is 0 Å². The van der Waals surface area contributed by atoms with Gasteiger partial charge in [-0.3, -0.25) is 9.58 Å². The molecule has 1 aromatic carbocycles. The Balaban J connectivity index is 1.56. The summed E-state index contributed by atoms with van der Waals surface area (Å²) in [4.78, 5) is 7.36. The zero-order valence-electron chi connectivity index (χ0n) is 19.3. The minimum absolute atomic E-state index is 0.668. The molecule has 1 aromatic heterocycles. The number of guanidine groups is 1. The normalized spacial score (nSPS) is 17.9. The number of hydrogen-bond acceptors (Lipinski definition) is 3. The molecule has 0 amide bonds. The molecule has 164 valence electrons. The Labute approximate surface area is 181 Å². The number of nitrogens with zero attached hydrogens (tertiary/aromatic N) is 4. The van der Waals surface area contributed by atoms with Crippen LogP contribution in [0.4, 0.5) is 0 Å². The van der Waals surface area contributed by atoms with Crippen LogP contribution in [-0.2, 0) is 26.7 Å². The van der Waals surface area contributed by atoms with Crippen molar-refractivity contribution >= 4 is 5.96 Å². The highest BCUT2D eigenvalue weighted by Crippen LogP contribution is 2.18. The number of aliphatic imine (C=N–C) groups is 1. The van der Waals surface area contributed by atoms with Crippen molar-refractivity contribution < 1.29 is 0 Å². The summed E-state index contributed by atoms with van der Waals surface area (Å²) in [6.45, 7) is 14.4. The fourth-order valence-corrected chi connectivity index (χ4v) is 4.20. The fourth-order valence-electron chi connectivity index (χ4n) is 4.20. The molecular weight excluding hydrogens is 372 g/mol. The molecule has 6 heteroatoms. The number of hydrogen-bond donors (Lipinski definition) is 2. The standard InChI is InChI=1S/C24H38N6/c1-6-25-24(27-15-23-19(3)28-29(5)20(23)4)26-14-21-9-11-22(12-10-21)17-30-13-7-8-18(2)16-30/h9-12,18H,6-8,13-17H2,1-5H3,(H2,25,26,27). The number of nitrogens with one attached hydrogen (secondary N) is 2. The highest BCUT2D eigenvalue weighted by atomic mass is 15.3. The van der Waals surface area contributed by atoms with Crippen LogP contribution < -0.4 is 10.6 Å². The first-order chi connectivity index (χ1) is 14.5. The molecule has 1 unspecified atom stereocenters. The second-order valence-electron chi connectivity index (χ2n) is 8.62. The topological polar surface area (TPSA) is 57.5 Å². The van der Waals surface area contributed by atoms with Gasteiger partial charge >= 0.3 is 0 Å². The Kier molecular flexibility index (Phi) is 7.91. The van der Waals surface area contributed by atoms with Crippen molar-refractivity contribution in [1.29, 1.82) is 0 Å². The van der Waals surface area contributed by atoms with Gasteiger partial charge in [0.15, 0.2) is 5.96 Å². The van der Waals surface area contributed by atoms with Gasteiger partial charge in [-0.25, -0.2) is 4.99 Å². The molecule has 1 saturated heterocycles. The molecule has 6 nitrogen and oxygen atoms in total. The van der Waals surface area contributed by atoms with Crippen LogP contribution in [0, 0.1) is 19.8 Å². The van der Waals surface area contributed by atoms with E-state index in [1.807, 2.05) is 11.7 Å². The monoisotopic (exact) mass is 410 g/mol. The third kappa shape index (κ3) is 6.08. The molecule has 1 fully saturated rings. The Morgan fingerprint density at radius 2 is 1.90 bits per heavy atom. The number of benzene rings is 1. The molecule has 2 N–H and O–H groups in total. The predicted octanol–water partition coefficient (Wildman–Crippen LogP) is 3.52. The Morgan fingerprint density at radius 3 is 2.53 bits per heavy atom. The lowest BCUT2D eigenvalue weighted by molar-refractivity contribution is 0.176. The number of rotatable bonds is 7. The third-order valence-corrected chi connectivity index (χ3v) is 6.03. The van der Waals surface area contributed by atoms with E-state index in [0.29, 0.717) is 6.54 Å². The minimum atomic E-state index is 0.668. The number of piperidine rings is 1. The fraction of sp³-hybridized carbons (Fsp3) is 0.583. The van der Waals surface area contributed by atoms with Gasteiger partial charge in [-0.1, -0.05) is 31.2 Å². The summed E-state index contributed by atoms with van der Waals surface area (Å²) in [5, 5.41) is 11.3. The third-order valence-electron chi connectivity index (χ3n) is 6.03. The number of aryl methyl sites for hydroxylation is 2. The van der Waals surface area contributed by atoms with E-state index in [4.69, 9.17) is 4.99 Å². The van der Waals surface area contributed by atoms with E-state index < -0.39 is 0 Å². The quantitative estimate of drug-likeness (QED) is 0.542. The molecular formula is C24H38N6. The van der Waals surface area contributed by atoms with E-state index >= 15 is 0 Å². The van der Waals surface area contributed by atoms with Gasteiger partial charge in [0.2, 0.25) is 0 Å². The lowest BCUT2D eigenvalue weighted by Gasteiger charge is -2.30. The second-order valence-corrected chi connectivity index (χ2v) is 8.62. The maximum atomic E-state index is 4.78. The first kappa shape index (κ1) is 22.3. The molecule has 0 bridgehead atoms. The van der Waals surface area contributed by atoms with Gasteiger partial charge in [-0.05, 0) is 57.2 Å². The van der Waals surface area contributed by atoms with Crippen molar-refractivity contribution in [3.8, 4) is 0 Å². The summed E-state index contributed by atoms with van der Waals surface area (Å²) in [5.74, 6) is 1.66. The SMILES string of the molecule is CCNC(=NCc1ccc(CN2CCCC(C)C2)cc1)NCc1c(C)nn(C)c1C. The van der Waals surface area contributed by atoms with Gasteiger partial charge in [-0.15, -0.1) is 0 Å². The molecule has 1 aliphatic heterocycles. The van der Waals surface area contributed by atoms with Crippen molar-refractivity contribution in [2.75, 3.05) is 19.6 Å². The van der Waals surface area contributed by atoms with E-state index in [0.717, 1.165) is 37.2 Å². The Morgan fingerprint density at radius 1 is 1.17 bits per heavy atom. The average molecular weight is 411 g/mol. The van der Waals surface area contributed by atoms with Crippen molar-refractivity contribution in [2.24, 2.45) is 18.0 Å². The number of aromatic nitrogens is 2. The van der Waals surface area contributed by atoms with Crippen LogP contribution >= 0.6 is 0 Å². The van der Waals surface area contributed by atoms with E-state index in [9.17, 15) is 0 Å². The summed E-state index contributed by atoms with van der Waals surface area (Å²) in [6.07, 6.45) is 2.70. The smallest absolute Gasteiger partial charge is 0.191 e. The van der Waals surface area contributed by atoms with Crippen molar-refractivity contribution in [3.63, 3.8) is 0 Å². The zero-order chi connectivity index (χ0) is 21.5. The zero-order valence-corrected chi connectivity index (χ0v) is 19.3.